The van der Waals surface area contributed by atoms with Crippen LogP contribution in [0.5, 0.6) is 0 Å². The molecule has 0 spiro atoms. The van der Waals surface area contributed by atoms with Gasteiger partial charge in [-0.1, -0.05) is 19.8 Å². The molecule has 0 bridgehead atoms. The summed E-state index contributed by atoms with van der Waals surface area (Å²) >= 11 is 0. The molecule has 1 aliphatic carbocycles. The van der Waals surface area contributed by atoms with Crippen molar-refractivity contribution < 1.29 is 4.79 Å². The number of fused-ring (bicyclic) bond motifs is 3. The number of carbonyl (C=O) groups is 1. The average Bonchev–Trinajstić information content (AvgIpc) is 3.53. The third kappa shape index (κ3) is 2.78. The predicted molar refractivity (Wildman–Crippen MR) is 110 cm³/mol. The molecular formula is C20H25N9O. The van der Waals surface area contributed by atoms with E-state index in [1.165, 1.54) is 19.0 Å². The molecule has 1 aliphatic heterocycles. The number of rotatable bonds is 4. The van der Waals surface area contributed by atoms with Gasteiger partial charge < -0.3 is 10.2 Å². The lowest BCUT2D eigenvalue weighted by molar-refractivity contribution is 0.0963. The molecule has 5 rings (SSSR count). The van der Waals surface area contributed by atoms with Gasteiger partial charge in [0, 0.05) is 19.3 Å². The molecule has 0 radical (unpaired) electrons. The van der Waals surface area contributed by atoms with Gasteiger partial charge in [0.05, 0.1) is 24.0 Å². The molecule has 4 heterocycles. The second-order valence-electron chi connectivity index (χ2n) is 7.84. The lowest BCUT2D eigenvalue weighted by atomic mass is 10.0. The van der Waals surface area contributed by atoms with Gasteiger partial charge in [0.25, 0.3) is 11.9 Å². The number of aryl methyl sites for hydroxylation is 1. The van der Waals surface area contributed by atoms with Crippen molar-refractivity contribution in [1.82, 2.24) is 39.8 Å². The molecular weight excluding hydrogens is 382 g/mol. The Morgan fingerprint density at radius 2 is 2.03 bits per heavy atom. The van der Waals surface area contributed by atoms with Crippen molar-refractivity contribution in [2.45, 2.75) is 58.0 Å². The summed E-state index contributed by atoms with van der Waals surface area (Å²) in [6.45, 7) is 4.13. The quantitative estimate of drug-likeness (QED) is 0.706. The molecule has 1 atom stereocenters. The number of anilines is 1. The Hall–Kier alpha value is -3.30. The molecule has 3 aromatic rings. The molecule has 3 aromatic heterocycles. The summed E-state index contributed by atoms with van der Waals surface area (Å²) in [5.41, 5.74) is 1.36. The van der Waals surface area contributed by atoms with Gasteiger partial charge in [-0.05, 0) is 26.2 Å². The third-order valence-electron chi connectivity index (χ3n) is 6.09. The topological polar surface area (TPSA) is 107 Å². The Kier molecular flexibility index (Phi) is 4.48. The van der Waals surface area contributed by atoms with Crippen molar-refractivity contribution in [3.8, 4) is 11.6 Å². The van der Waals surface area contributed by atoms with Crippen molar-refractivity contribution in [1.29, 1.82) is 0 Å². The maximum absolute atomic E-state index is 11.9. The lowest BCUT2D eigenvalue weighted by Crippen LogP contribution is -2.42. The Morgan fingerprint density at radius 3 is 2.77 bits per heavy atom. The summed E-state index contributed by atoms with van der Waals surface area (Å²) in [6, 6.07) is 0.532. The van der Waals surface area contributed by atoms with E-state index in [1.807, 2.05) is 13.1 Å². The zero-order valence-electron chi connectivity index (χ0n) is 17.4. The number of amides is 1. The maximum atomic E-state index is 11.9. The number of nitrogens with one attached hydrogen (secondary N) is 1. The highest BCUT2D eigenvalue weighted by Crippen LogP contribution is 2.43. The third-order valence-corrected chi connectivity index (χ3v) is 6.09. The summed E-state index contributed by atoms with van der Waals surface area (Å²) in [4.78, 5) is 23.8. The van der Waals surface area contributed by atoms with Crippen LogP contribution in [0.15, 0.2) is 18.6 Å². The van der Waals surface area contributed by atoms with Crippen molar-refractivity contribution in [2.75, 3.05) is 11.9 Å². The molecule has 0 saturated heterocycles. The fourth-order valence-electron chi connectivity index (χ4n) is 4.66. The zero-order chi connectivity index (χ0) is 20.8. The number of hydrogen-bond donors (Lipinski definition) is 1. The van der Waals surface area contributed by atoms with Crippen LogP contribution in [0.1, 0.15) is 67.1 Å². The number of carbonyl (C=O) groups excluding carboxylic acids is 1. The van der Waals surface area contributed by atoms with E-state index in [-0.39, 0.29) is 11.9 Å². The summed E-state index contributed by atoms with van der Waals surface area (Å²) in [6.07, 6.45) is 10.6. The first kappa shape index (κ1) is 18.7. The minimum Gasteiger partial charge on any atom is -0.355 e. The molecule has 1 fully saturated rings. The smallest absolute Gasteiger partial charge is 0.254 e. The maximum Gasteiger partial charge on any atom is 0.254 e. The van der Waals surface area contributed by atoms with E-state index >= 15 is 0 Å². The SMILES string of the molecule is CCC1c2nnc(C)n2-c2cnc(-n3cc(C(=O)NC)cn3)nc2N1C1CCCC1. The van der Waals surface area contributed by atoms with Gasteiger partial charge in [0.2, 0.25) is 0 Å². The van der Waals surface area contributed by atoms with E-state index in [0.717, 1.165) is 42.4 Å². The van der Waals surface area contributed by atoms with Gasteiger partial charge in [0.15, 0.2) is 11.6 Å². The van der Waals surface area contributed by atoms with E-state index in [4.69, 9.17) is 4.98 Å². The highest BCUT2D eigenvalue weighted by molar-refractivity contribution is 5.93. The van der Waals surface area contributed by atoms with E-state index in [1.54, 1.807) is 17.9 Å². The molecule has 2 aliphatic rings. The monoisotopic (exact) mass is 407 g/mol. The van der Waals surface area contributed by atoms with Gasteiger partial charge in [-0.2, -0.15) is 10.1 Å². The van der Waals surface area contributed by atoms with Crippen LogP contribution in [0.2, 0.25) is 0 Å². The summed E-state index contributed by atoms with van der Waals surface area (Å²) in [7, 11) is 1.60. The minimum atomic E-state index is -0.192. The van der Waals surface area contributed by atoms with E-state index in [2.05, 4.69) is 42.0 Å². The average molecular weight is 407 g/mol. The molecule has 156 valence electrons. The van der Waals surface area contributed by atoms with Gasteiger partial charge in [-0.25, -0.2) is 9.67 Å². The molecule has 30 heavy (non-hydrogen) atoms. The fraction of sp³-hybridized carbons (Fsp3) is 0.500. The highest BCUT2D eigenvalue weighted by atomic mass is 16.1. The van der Waals surface area contributed by atoms with E-state index in [9.17, 15) is 4.79 Å². The number of hydrogen-bond acceptors (Lipinski definition) is 7. The Balaban J connectivity index is 1.65. The van der Waals surface area contributed by atoms with Crippen LogP contribution < -0.4 is 10.2 Å². The molecule has 1 unspecified atom stereocenters. The largest absolute Gasteiger partial charge is 0.355 e. The van der Waals surface area contributed by atoms with Gasteiger partial charge in [0.1, 0.15) is 11.5 Å². The first-order valence-corrected chi connectivity index (χ1v) is 10.5. The zero-order valence-corrected chi connectivity index (χ0v) is 17.4. The molecule has 1 amide bonds. The second kappa shape index (κ2) is 7.19. The van der Waals surface area contributed by atoms with Crippen molar-refractivity contribution in [3.63, 3.8) is 0 Å². The first-order valence-electron chi connectivity index (χ1n) is 10.5. The first-order chi connectivity index (χ1) is 14.6. The molecule has 0 aromatic carbocycles. The Labute approximate surface area is 174 Å². The molecule has 1 N–H and O–H groups in total. The number of aromatic nitrogens is 7. The Bertz CT molecular complexity index is 1100. The minimum absolute atomic E-state index is 0.114. The molecule has 10 nitrogen and oxygen atoms in total. The Morgan fingerprint density at radius 1 is 1.23 bits per heavy atom. The standard InChI is InChI=1S/C20H25N9O/c1-4-15-18-26-25-12(2)28(18)16-10-22-20(27-11-13(9-23-27)19(30)21-3)24-17(16)29(15)14-7-5-6-8-14/h9-11,14-15H,4-8H2,1-3H3,(H,21,30). The summed E-state index contributed by atoms with van der Waals surface area (Å²) in [5, 5.41) is 15.7. The van der Waals surface area contributed by atoms with Crippen molar-refractivity contribution in [2.24, 2.45) is 0 Å². The van der Waals surface area contributed by atoms with Crippen LogP contribution in [0.4, 0.5) is 5.82 Å². The van der Waals surface area contributed by atoms with Crippen LogP contribution in [0.25, 0.3) is 11.6 Å². The van der Waals surface area contributed by atoms with Crippen molar-refractivity contribution in [3.05, 3.63) is 35.8 Å². The fourth-order valence-corrected chi connectivity index (χ4v) is 4.66. The number of nitrogens with zero attached hydrogens (tertiary/aromatic N) is 8. The van der Waals surface area contributed by atoms with Crippen molar-refractivity contribution >= 4 is 11.7 Å². The van der Waals surface area contributed by atoms with Crippen LogP contribution >= 0.6 is 0 Å². The van der Waals surface area contributed by atoms with Gasteiger partial charge in [-0.3, -0.25) is 9.36 Å². The molecule has 10 heteroatoms. The lowest BCUT2D eigenvalue weighted by Gasteiger charge is -2.41. The van der Waals surface area contributed by atoms with Crippen LogP contribution in [0.3, 0.4) is 0 Å². The van der Waals surface area contributed by atoms with Crippen LogP contribution in [-0.2, 0) is 0 Å². The van der Waals surface area contributed by atoms with Crippen LogP contribution in [0, 0.1) is 6.92 Å². The molecule has 1 saturated carbocycles. The highest BCUT2D eigenvalue weighted by Gasteiger charge is 2.39. The van der Waals surface area contributed by atoms with E-state index in [0.29, 0.717) is 17.6 Å². The normalized spacial score (nSPS) is 18.4. The van der Waals surface area contributed by atoms with Gasteiger partial charge in [-0.15, -0.1) is 10.2 Å². The van der Waals surface area contributed by atoms with E-state index < -0.39 is 0 Å². The summed E-state index contributed by atoms with van der Waals surface area (Å²) in [5.74, 6) is 2.91. The summed E-state index contributed by atoms with van der Waals surface area (Å²) < 4.78 is 3.62. The second-order valence-corrected chi connectivity index (χ2v) is 7.84. The predicted octanol–water partition coefficient (Wildman–Crippen LogP) is 2.12. The van der Waals surface area contributed by atoms with Crippen LogP contribution in [-0.4, -0.2) is 53.5 Å². The van der Waals surface area contributed by atoms with Gasteiger partial charge >= 0.3 is 0 Å².